The van der Waals surface area contributed by atoms with Crippen molar-refractivity contribution in [3.8, 4) is 0 Å². The molecule has 0 atom stereocenters. The molecule has 0 saturated carbocycles. The molecule has 1 aromatic heterocycles. The quantitative estimate of drug-likeness (QED) is 0.710. The van der Waals surface area contributed by atoms with Crippen LogP contribution in [0.4, 0.5) is 5.95 Å². The van der Waals surface area contributed by atoms with Crippen molar-refractivity contribution < 1.29 is 4.79 Å². The molecule has 0 unspecified atom stereocenters. The summed E-state index contributed by atoms with van der Waals surface area (Å²) in [5.41, 5.74) is 1.52. The van der Waals surface area contributed by atoms with Gasteiger partial charge in [0.1, 0.15) is 0 Å². The van der Waals surface area contributed by atoms with Gasteiger partial charge in [-0.05, 0) is 26.8 Å². The minimum atomic E-state index is -0.252. The maximum Gasteiger partial charge on any atom is 0.250 e. The van der Waals surface area contributed by atoms with E-state index in [1.54, 1.807) is 13.0 Å². The molecule has 1 rings (SSSR count). The Morgan fingerprint density at radius 2 is 2.00 bits per heavy atom. The highest BCUT2D eigenvalue weighted by molar-refractivity contribution is 5.97. The number of nitrogens with one attached hydrogen (secondary N) is 1. The van der Waals surface area contributed by atoms with Gasteiger partial charge in [-0.1, -0.05) is 6.08 Å². The number of anilines is 1. The molecule has 5 nitrogen and oxygen atoms in total. The third-order valence-electron chi connectivity index (χ3n) is 1.64. The molecule has 0 bridgehead atoms. The zero-order valence-corrected chi connectivity index (χ0v) is 8.40. The molecule has 0 aliphatic carbocycles. The fourth-order valence-corrected chi connectivity index (χ4v) is 0.813. The van der Waals surface area contributed by atoms with Crippen LogP contribution in [0, 0.1) is 13.8 Å². The van der Waals surface area contributed by atoms with Gasteiger partial charge >= 0.3 is 0 Å². The van der Waals surface area contributed by atoms with E-state index in [2.05, 4.69) is 20.5 Å². The molecule has 0 aliphatic heterocycles. The Morgan fingerprint density at radius 1 is 1.29 bits per heavy atom. The predicted molar refractivity (Wildman–Crippen MR) is 52.7 cm³/mol. The largest absolute Gasteiger partial charge is 0.290 e. The Kier molecular flexibility index (Phi) is 3.28. The fraction of sp³-hybridized carbons (Fsp3) is 0.333. The number of aromatic nitrogens is 3. The summed E-state index contributed by atoms with van der Waals surface area (Å²) in [6, 6.07) is 0. The molecule has 0 spiro atoms. The lowest BCUT2D eigenvalue weighted by Crippen LogP contribution is -2.12. The second-order valence-corrected chi connectivity index (χ2v) is 2.80. The van der Waals surface area contributed by atoms with E-state index in [4.69, 9.17) is 0 Å². The molecule has 0 aliphatic rings. The molecule has 1 N–H and O–H groups in total. The summed E-state index contributed by atoms with van der Waals surface area (Å²) in [6.45, 7) is 5.39. The molecule has 0 saturated heterocycles. The zero-order chi connectivity index (χ0) is 10.6. The SMILES string of the molecule is C/C=C/C(=O)Nc1nnc(C)c(C)n1. The van der Waals surface area contributed by atoms with Crippen LogP contribution >= 0.6 is 0 Å². The monoisotopic (exact) mass is 192 g/mol. The van der Waals surface area contributed by atoms with Crippen LogP contribution in [0.3, 0.4) is 0 Å². The molecule has 14 heavy (non-hydrogen) atoms. The molecule has 0 radical (unpaired) electrons. The number of hydrogen-bond acceptors (Lipinski definition) is 4. The topological polar surface area (TPSA) is 67.8 Å². The lowest BCUT2D eigenvalue weighted by Gasteiger charge is -2.01. The van der Waals surface area contributed by atoms with Crippen molar-refractivity contribution in [1.29, 1.82) is 0 Å². The van der Waals surface area contributed by atoms with E-state index in [-0.39, 0.29) is 11.9 Å². The lowest BCUT2D eigenvalue weighted by atomic mass is 10.4. The third-order valence-corrected chi connectivity index (χ3v) is 1.64. The summed E-state index contributed by atoms with van der Waals surface area (Å²) in [5.74, 6) is -0.0197. The van der Waals surface area contributed by atoms with Crippen molar-refractivity contribution in [3.05, 3.63) is 23.5 Å². The maximum atomic E-state index is 11.1. The first-order chi connectivity index (χ1) is 6.63. The highest BCUT2D eigenvalue weighted by atomic mass is 16.1. The molecule has 74 valence electrons. The normalized spacial score (nSPS) is 10.5. The maximum absolute atomic E-state index is 11.1. The van der Waals surface area contributed by atoms with Crippen molar-refractivity contribution in [3.63, 3.8) is 0 Å². The second kappa shape index (κ2) is 4.45. The van der Waals surface area contributed by atoms with Crippen molar-refractivity contribution in [1.82, 2.24) is 15.2 Å². The van der Waals surface area contributed by atoms with E-state index in [1.165, 1.54) is 6.08 Å². The van der Waals surface area contributed by atoms with Crippen LogP contribution in [0.1, 0.15) is 18.3 Å². The number of hydrogen-bond donors (Lipinski definition) is 1. The van der Waals surface area contributed by atoms with E-state index < -0.39 is 0 Å². The van der Waals surface area contributed by atoms with Crippen molar-refractivity contribution in [2.75, 3.05) is 5.32 Å². The van der Waals surface area contributed by atoms with E-state index in [0.29, 0.717) is 0 Å². The standard InChI is InChI=1S/C9H12N4O/c1-4-5-8(14)11-9-10-6(2)7(3)12-13-9/h4-5H,1-3H3,(H,10,11,13,14)/b5-4+. The highest BCUT2D eigenvalue weighted by Gasteiger charge is 2.02. The van der Waals surface area contributed by atoms with Crippen molar-refractivity contribution in [2.45, 2.75) is 20.8 Å². The van der Waals surface area contributed by atoms with Gasteiger partial charge in [-0.15, -0.1) is 5.10 Å². The summed E-state index contributed by atoms with van der Waals surface area (Å²) in [6.07, 6.45) is 3.04. The van der Waals surface area contributed by atoms with E-state index in [9.17, 15) is 4.79 Å². The summed E-state index contributed by atoms with van der Waals surface area (Å²) in [4.78, 5) is 15.2. The average molecular weight is 192 g/mol. The Morgan fingerprint density at radius 3 is 2.57 bits per heavy atom. The minimum Gasteiger partial charge on any atom is -0.290 e. The summed E-state index contributed by atoms with van der Waals surface area (Å²) >= 11 is 0. The summed E-state index contributed by atoms with van der Waals surface area (Å²) < 4.78 is 0. The smallest absolute Gasteiger partial charge is 0.250 e. The van der Waals surface area contributed by atoms with E-state index in [1.807, 2.05) is 13.8 Å². The van der Waals surface area contributed by atoms with Gasteiger partial charge in [0.05, 0.1) is 11.4 Å². The van der Waals surface area contributed by atoms with Gasteiger partial charge in [-0.25, -0.2) is 4.98 Å². The Bertz CT molecular complexity index is 373. The van der Waals surface area contributed by atoms with Crippen LogP contribution in [-0.2, 0) is 4.79 Å². The predicted octanol–water partition coefficient (Wildman–Crippen LogP) is 1.00. The van der Waals surface area contributed by atoms with Crippen LogP contribution in [0.2, 0.25) is 0 Å². The van der Waals surface area contributed by atoms with Crippen LogP contribution in [0.25, 0.3) is 0 Å². The number of rotatable bonds is 2. The molecule has 0 fully saturated rings. The van der Waals surface area contributed by atoms with Crippen LogP contribution in [0.15, 0.2) is 12.2 Å². The second-order valence-electron chi connectivity index (χ2n) is 2.80. The lowest BCUT2D eigenvalue weighted by molar-refractivity contribution is -0.112. The van der Waals surface area contributed by atoms with Gasteiger partial charge in [-0.3, -0.25) is 10.1 Å². The van der Waals surface area contributed by atoms with Gasteiger partial charge in [0, 0.05) is 0 Å². The Hall–Kier alpha value is -1.78. The van der Waals surface area contributed by atoms with E-state index >= 15 is 0 Å². The van der Waals surface area contributed by atoms with Crippen molar-refractivity contribution >= 4 is 11.9 Å². The Balaban J connectivity index is 2.78. The fourth-order valence-electron chi connectivity index (χ4n) is 0.813. The van der Waals surface area contributed by atoms with Crippen LogP contribution in [-0.4, -0.2) is 21.1 Å². The van der Waals surface area contributed by atoms with Crippen LogP contribution < -0.4 is 5.32 Å². The number of carbonyl (C=O) groups excluding carboxylic acids is 1. The number of allylic oxidation sites excluding steroid dienone is 1. The summed E-state index contributed by atoms with van der Waals surface area (Å²) in [7, 11) is 0. The molecule has 5 heteroatoms. The number of carbonyl (C=O) groups is 1. The average Bonchev–Trinajstić information content (AvgIpc) is 2.12. The third kappa shape index (κ3) is 2.62. The number of amides is 1. The molecule has 1 heterocycles. The number of aryl methyl sites for hydroxylation is 2. The van der Waals surface area contributed by atoms with Gasteiger partial charge in [0.25, 0.3) is 0 Å². The first-order valence-corrected chi connectivity index (χ1v) is 4.25. The van der Waals surface area contributed by atoms with Gasteiger partial charge in [-0.2, -0.15) is 5.10 Å². The zero-order valence-electron chi connectivity index (χ0n) is 8.40. The minimum absolute atomic E-state index is 0.233. The molecule has 0 aromatic carbocycles. The highest BCUT2D eigenvalue weighted by Crippen LogP contribution is 2.01. The first-order valence-electron chi connectivity index (χ1n) is 4.25. The molecule has 1 aromatic rings. The number of nitrogens with zero attached hydrogens (tertiary/aromatic N) is 3. The van der Waals surface area contributed by atoms with E-state index in [0.717, 1.165) is 11.4 Å². The van der Waals surface area contributed by atoms with Gasteiger partial charge in [0.2, 0.25) is 11.9 Å². The molecular weight excluding hydrogens is 180 g/mol. The van der Waals surface area contributed by atoms with Crippen molar-refractivity contribution in [2.24, 2.45) is 0 Å². The molecular formula is C9H12N4O. The van der Waals surface area contributed by atoms with Crippen LogP contribution in [0.5, 0.6) is 0 Å². The van der Waals surface area contributed by atoms with Gasteiger partial charge in [0.15, 0.2) is 0 Å². The summed E-state index contributed by atoms with van der Waals surface area (Å²) in [5, 5.41) is 10.1. The first kappa shape index (κ1) is 10.3. The molecule has 1 amide bonds. The van der Waals surface area contributed by atoms with Gasteiger partial charge < -0.3 is 0 Å². The Labute approximate surface area is 82.3 Å².